The van der Waals surface area contributed by atoms with Crippen LogP contribution in [0.25, 0.3) is 10.9 Å². The number of para-hydroxylation sites is 1. The summed E-state index contributed by atoms with van der Waals surface area (Å²) in [7, 11) is -3.02. The van der Waals surface area contributed by atoms with Crippen molar-refractivity contribution in [1.82, 2.24) is 4.57 Å². The summed E-state index contributed by atoms with van der Waals surface area (Å²) in [5, 5.41) is 0.911. The minimum atomic E-state index is -3.02. The SMILES string of the molecule is CCS(=O)(=O)CCC(C)n1c(C)c(C(=O)c2ccccc2)c2ccccc21. The maximum Gasteiger partial charge on any atom is 0.195 e. The Morgan fingerprint density at radius 2 is 1.67 bits per heavy atom. The van der Waals surface area contributed by atoms with Crippen LogP contribution in [0.5, 0.6) is 0 Å². The Labute approximate surface area is 160 Å². The van der Waals surface area contributed by atoms with E-state index < -0.39 is 9.84 Å². The number of carbonyl (C=O) groups is 1. The zero-order chi connectivity index (χ0) is 19.6. The van der Waals surface area contributed by atoms with Gasteiger partial charge < -0.3 is 4.57 Å². The van der Waals surface area contributed by atoms with Crippen molar-refractivity contribution in [3.63, 3.8) is 0 Å². The molecule has 0 radical (unpaired) electrons. The minimum absolute atomic E-state index is 0.00331. The monoisotopic (exact) mass is 383 g/mol. The first-order valence-corrected chi connectivity index (χ1v) is 11.1. The maximum absolute atomic E-state index is 13.2. The van der Waals surface area contributed by atoms with Crippen molar-refractivity contribution < 1.29 is 13.2 Å². The first-order chi connectivity index (χ1) is 12.9. The van der Waals surface area contributed by atoms with Gasteiger partial charge in [0.25, 0.3) is 0 Å². The predicted octanol–water partition coefficient (Wildman–Crippen LogP) is 4.57. The van der Waals surface area contributed by atoms with E-state index >= 15 is 0 Å². The highest BCUT2D eigenvalue weighted by Crippen LogP contribution is 2.32. The summed E-state index contributed by atoms with van der Waals surface area (Å²) in [5.74, 6) is 0.304. The van der Waals surface area contributed by atoms with Crippen LogP contribution < -0.4 is 0 Å². The molecule has 0 saturated carbocycles. The van der Waals surface area contributed by atoms with Crippen LogP contribution in [0.4, 0.5) is 0 Å². The highest BCUT2D eigenvalue weighted by Gasteiger charge is 2.23. The van der Waals surface area contributed by atoms with Crippen LogP contribution >= 0.6 is 0 Å². The third-order valence-corrected chi connectivity index (χ3v) is 6.88. The third-order valence-electron chi connectivity index (χ3n) is 5.15. The minimum Gasteiger partial charge on any atom is -0.341 e. The molecule has 142 valence electrons. The van der Waals surface area contributed by atoms with Gasteiger partial charge in [-0.25, -0.2) is 8.42 Å². The van der Waals surface area contributed by atoms with Gasteiger partial charge in [0.1, 0.15) is 9.84 Å². The first-order valence-electron chi connectivity index (χ1n) is 9.25. The largest absolute Gasteiger partial charge is 0.341 e. The van der Waals surface area contributed by atoms with Gasteiger partial charge in [0, 0.05) is 34.0 Å². The molecule has 0 fully saturated rings. The van der Waals surface area contributed by atoms with Gasteiger partial charge in [-0.15, -0.1) is 0 Å². The van der Waals surface area contributed by atoms with Crippen molar-refractivity contribution in [2.75, 3.05) is 11.5 Å². The van der Waals surface area contributed by atoms with E-state index in [1.54, 1.807) is 6.92 Å². The summed E-state index contributed by atoms with van der Waals surface area (Å²) in [6.07, 6.45) is 0.522. The number of hydrogen-bond donors (Lipinski definition) is 0. The Hall–Kier alpha value is -2.40. The van der Waals surface area contributed by atoms with E-state index in [2.05, 4.69) is 4.57 Å². The molecule has 1 heterocycles. The van der Waals surface area contributed by atoms with Gasteiger partial charge in [0.2, 0.25) is 0 Å². The molecular weight excluding hydrogens is 358 g/mol. The number of aromatic nitrogens is 1. The maximum atomic E-state index is 13.2. The summed E-state index contributed by atoms with van der Waals surface area (Å²) < 4.78 is 25.9. The summed E-state index contributed by atoms with van der Waals surface area (Å²) in [6.45, 7) is 5.63. The molecule has 4 nitrogen and oxygen atoms in total. The molecule has 1 unspecified atom stereocenters. The van der Waals surface area contributed by atoms with Crippen LogP contribution in [0.1, 0.15) is 47.9 Å². The van der Waals surface area contributed by atoms with Crippen molar-refractivity contribution in [2.24, 2.45) is 0 Å². The van der Waals surface area contributed by atoms with Crippen LogP contribution in [0, 0.1) is 6.92 Å². The molecule has 5 heteroatoms. The van der Waals surface area contributed by atoms with Gasteiger partial charge in [0.15, 0.2) is 5.78 Å². The lowest BCUT2D eigenvalue weighted by molar-refractivity contribution is 0.103. The molecular formula is C22H25NO3S. The molecule has 3 rings (SSSR count). The van der Waals surface area contributed by atoms with Crippen molar-refractivity contribution in [3.05, 3.63) is 71.4 Å². The summed E-state index contributed by atoms with van der Waals surface area (Å²) in [5.41, 5.74) is 3.20. The number of fused-ring (bicyclic) bond motifs is 1. The van der Waals surface area contributed by atoms with Crippen molar-refractivity contribution in [3.8, 4) is 0 Å². The lowest BCUT2D eigenvalue weighted by Crippen LogP contribution is -2.15. The molecule has 27 heavy (non-hydrogen) atoms. The fourth-order valence-corrected chi connectivity index (χ4v) is 4.59. The fraction of sp³-hybridized carbons (Fsp3) is 0.318. The predicted molar refractivity (Wildman–Crippen MR) is 110 cm³/mol. The zero-order valence-corrected chi connectivity index (χ0v) is 16.8. The molecule has 0 aliphatic carbocycles. The smallest absolute Gasteiger partial charge is 0.195 e. The molecule has 3 aromatic rings. The second-order valence-electron chi connectivity index (χ2n) is 6.92. The molecule has 1 atom stereocenters. The van der Waals surface area contributed by atoms with E-state index in [9.17, 15) is 13.2 Å². The quantitative estimate of drug-likeness (QED) is 0.562. The van der Waals surface area contributed by atoms with Gasteiger partial charge in [-0.3, -0.25) is 4.79 Å². The van der Waals surface area contributed by atoms with Crippen LogP contribution in [-0.4, -0.2) is 30.3 Å². The number of rotatable bonds is 7. The highest BCUT2D eigenvalue weighted by atomic mass is 32.2. The number of nitrogens with zero attached hydrogens (tertiary/aromatic N) is 1. The normalized spacial score (nSPS) is 13.0. The Balaban J connectivity index is 2.07. The Morgan fingerprint density at radius 1 is 1.04 bits per heavy atom. The number of hydrogen-bond acceptors (Lipinski definition) is 3. The van der Waals surface area contributed by atoms with Crippen molar-refractivity contribution in [2.45, 2.75) is 33.2 Å². The van der Waals surface area contributed by atoms with Crippen LogP contribution in [-0.2, 0) is 9.84 Å². The first kappa shape index (κ1) is 19.4. The Kier molecular flexibility index (Phi) is 5.51. The van der Waals surface area contributed by atoms with E-state index in [0.29, 0.717) is 17.5 Å². The molecule has 0 aliphatic heterocycles. The van der Waals surface area contributed by atoms with E-state index in [4.69, 9.17) is 0 Å². The molecule has 0 aliphatic rings. The average Bonchev–Trinajstić information content (AvgIpc) is 2.98. The Morgan fingerprint density at radius 3 is 2.33 bits per heavy atom. The molecule has 0 bridgehead atoms. The third kappa shape index (κ3) is 3.83. The summed E-state index contributed by atoms with van der Waals surface area (Å²) in [6, 6.07) is 17.1. The van der Waals surface area contributed by atoms with Gasteiger partial charge >= 0.3 is 0 Å². The molecule has 0 saturated heterocycles. The molecule has 0 N–H and O–H groups in total. The number of ketones is 1. The van der Waals surface area contributed by atoms with E-state index in [1.165, 1.54) is 0 Å². The number of benzene rings is 2. The van der Waals surface area contributed by atoms with Gasteiger partial charge in [-0.1, -0.05) is 55.5 Å². The topological polar surface area (TPSA) is 56.1 Å². The van der Waals surface area contributed by atoms with E-state index in [0.717, 1.165) is 16.6 Å². The van der Waals surface area contributed by atoms with Crippen molar-refractivity contribution in [1.29, 1.82) is 0 Å². The molecule has 1 aromatic heterocycles. The lowest BCUT2D eigenvalue weighted by Gasteiger charge is -2.18. The zero-order valence-electron chi connectivity index (χ0n) is 16.0. The van der Waals surface area contributed by atoms with E-state index in [-0.39, 0.29) is 23.3 Å². The second kappa shape index (κ2) is 7.69. The van der Waals surface area contributed by atoms with Crippen LogP contribution in [0.2, 0.25) is 0 Å². The number of sulfone groups is 1. The lowest BCUT2D eigenvalue weighted by atomic mass is 10.0. The number of carbonyl (C=O) groups excluding carboxylic acids is 1. The Bertz CT molecular complexity index is 1070. The van der Waals surface area contributed by atoms with E-state index in [1.807, 2.05) is 68.4 Å². The van der Waals surface area contributed by atoms with Gasteiger partial charge in [0.05, 0.1) is 11.3 Å². The van der Waals surface area contributed by atoms with Crippen LogP contribution in [0.15, 0.2) is 54.6 Å². The highest BCUT2D eigenvalue weighted by molar-refractivity contribution is 7.91. The van der Waals surface area contributed by atoms with Crippen molar-refractivity contribution >= 4 is 26.5 Å². The van der Waals surface area contributed by atoms with Gasteiger partial charge in [-0.05, 0) is 26.3 Å². The average molecular weight is 384 g/mol. The van der Waals surface area contributed by atoms with Gasteiger partial charge in [-0.2, -0.15) is 0 Å². The molecule has 0 spiro atoms. The second-order valence-corrected chi connectivity index (χ2v) is 9.39. The molecule has 2 aromatic carbocycles. The standard InChI is InChI=1S/C22H25NO3S/c1-4-27(25,26)15-14-16(2)23-17(3)21(19-12-8-9-13-20(19)23)22(24)18-10-6-5-7-11-18/h5-13,16H,4,14-15H2,1-3H3. The fourth-order valence-electron chi connectivity index (χ4n) is 3.60. The summed E-state index contributed by atoms with van der Waals surface area (Å²) in [4.78, 5) is 13.2. The molecule has 0 amide bonds. The summed E-state index contributed by atoms with van der Waals surface area (Å²) >= 11 is 0. The van der Waals surface area contributed by atoms with Crippen LogP contribution in [0.3, 0.4) is 0 Å².